The van der Waals surface area contributed by atoms with Crippen LogP contribution < -0.4 is 5.32 Å². The molecule has 3 aromatic rings. The summed E-state index contributed by atoms with van der Waals surface area (Å²) in [5, 5.41) is 39.2. The number of aliphatic hydroxyl groups is 1. The lowest BCUT2D eigenvalue weighted by molar-refractivity contribution is -0.528. The lowest BCUT2D eigenvalue weighted by Gasteiger charge is -2.38. The number of carbonyl (C=O) groups is 2. The minimum atomic E-state index is -1.81. The molecule has 2 aromatic carbocycles. The highest BCUT2D eigenvalue weighted by molar-refractivity contribution is 6.31. The number of rotatable bonds is 10. The van der Waals surface area contributed by atoms with Crippen LogP contribution in [0.5, 0.6) is 0 Å². The van der Waals surface area contributed by atoms with Gasteiger partial charge in [0.1, 0.15) is 22.3 Å². The van der Waals surface area contributed by atoms with Gasteiger partial charge >= 0.3 is 5.97 Å². The molecule has 1 spiro atoms. The number of esters is 1. The van der Waals surface area contributed by atoms with Gasteiger partial charge in [-0.1, -0.05) is 35.3 Å². The second-order valence-corrected chi connectivity index (χ2v) is 13.1. The van der Waals surface area contributed by atoms with E-state index in [-0.39, 0.29) is 63.6 Å². The van der Waals surface area contributed by atoms with Gasteiger partial charge in [-0.25, -0.2) is 14.2 Å². The summed E-state index contributed by atoms with van der Waals surface area (Å²) in [5.74, 6) is -3.54. The fourth-order valence-electron chi connectivity index (χ4n) is 7.52. The van der Waals surface area contributed by atoms with Crippen molar-refractivity contribution in [2.24, 2.45) is 5.92 Å². The zero-order chi connectivity index (χ0) is 34.7. The van der Waals surface area contributed by atoms with Gasteiger partial charge in [-0.2, -0.15) is 0 Å². The Hall–Kier alpha value is -4.24. The summed E-state index contributed by atoms with van der Waals surface area (Å²) in [7, 11) is 1.14. The normalized spacial score (nSPS) is 24.0. The Balaban J connectivity index is 1.49. The average molecular weight is 703 g/mol. The molecule has 0 bridgehead atoms. The van der Waals surface area contributed by atoms with Crippen molar-refractivity contribution in [3.05, 3.63) is 107 Å². The Morgan fingerprint density at radius 1 is 1.21 bits per heavy atom. The van der Waals surface area contributed by atoms with Gasteiger partial charge in [0.05, 0.1) is 46.2 Å². The zero-order valence-corrected chi connectivity index (χ0v) is 27.2. The molecule has 1 aromatic heterocycles. The summed E-state index contributed by atoms with van der Waals surface area (Å²) in [5.41, 5.74) is -2.28. The third kappa shape index (κ3) is 5.36. The smallest absolute Gasteiger partial charge is 0.338 e. The maximum atomic E-state index is 16.0. The van der Waals surface area contributed by atoms with Gasteiger partial charge < -0.3 is 15.2 Å². The molecular weight excluding hydrogens is 672 g/mol. The molecular formula is C32H30Cl2FN5O8. The molecule has 1 aliphatic carbocycles. The molecule has 252 valence electrons. The molecule has 2 N–H and O–H groups in total. The number of nitrogens with one attached hydrogen (secondary N) is 1. The number of methoxy groups -OCH3 is 1. The van der Waals surface area contributed by atoms with Gasteiger partial charge in [0.2, 0.25) is 6.04 Å². The van der Waals surface area contributed by atoms with Gasteiger partial charge in [0, 0.05) is 28.2 Å². The largest absolute Gasteiger partial charge is 0.465 e. The molecule has 1 saturated heterocycles. The van der Waals surface area contributed by atoms with Crippen molar-refractivity contribution in [1.29, 1.82) is 0 Å². The average Bonchev–Trinajstić information content (AvgIpc) is 3.76. The molecule has 1 saturated carbocycles. The fourth-order valence-corrected chi connectivity index (χ4v) is 7.84. The van der Waals surface area contributed by atoms with Gasteiger partial charge in [0.15, 0.2) is 0 Å². The summed E-state index contributed by atoms with van der Waals surface area (Å²) in [6.45, 7) is 1.61. The molecule has 3 aliphatic rings. The number of aliphatic hydroxyl groups excluding tert-OH is 1. The second kappa shape index (κ2) is 12.7. The first kappa shape index (κ1) is 33.7. The van der Waals surface area contributed by atoms with Crippen molar-refractivity contribution >= 4 is 46.6 Å². The van der Waals surface area contributed by atoms with Crippen LogP contribution in [-0.4, -0.2) is 62.5 Å². The number of nitro groups is 2. The van der Waals surface area contributed by atoms with Crippen LogP contribution in [0.2, 0.25) is 10.2 Å². The summed E-state index contributed by atoms with van der Waals surface area (Å²) in [6, 6.07) is 7.08. The summed E-state index contributed by atoms with van der Waals surface area (Å²) >= 11 is 12.4. The standard InChI is InChI=1S/C32H30Cl2FN5O8/c1-15-17(30(42)48-2)8-9-18(27(15)39(44)45)23(41)12-11-22-28(40(46)47)25(19-4-3-5-21(33)26(19)35)32(38(22)14-16-6-7-16)20-10-13-24(34)36-29(20)37-31(32)43/h3-5,8-10,13,16,22-23,25,28,41H,6-7,11-12,14H2,1-2H3,(H,36,37,43)/t22-,23?,25-,28?,32+/m0/s1. The van der Waals surface area contributed by atoms with E-state index in [1.54, 1.807) is 11.0 Å². The van der Waals surface area contributed by atoms with Crippen molar-refractivity contribution in [2.75, 3.05) is 19.0 Å². The SMILES string of the molecule is COC(=O)c1ccc(C(O)CC[C@H]2C([N+](=O)[O-])[C@H](c3cccc(Cl)c3F)[C@]3(C(=O)Nc4nc(Cl)ccc43)N2CC2CC2)c([N+](=O)[O-])c1C. The zero-order valence-electron chi connectivity index (χ0n) is 25.7. The maximum absolute atomic E-state index is 16.0. The number of amides is 1. The third-order valence-corrected chi connectivity index (χ3v) is 10.2. The fraction of sp³-hybridized carbons (Fsp3) is 0.406. The van der Waals surface area contributed by atoms with E-state index in [1.807, 2.05) is 0 Å². The summed E-state index contributed by atoms with van der Waals surface area (Å²) in [4.78, 5) is 56.6. The van der Waals surface area contributed by atoms with Crippen LogP contribution in [0, 0.1) is 38.9 Å². The Morgan fingerprint density at radius 3 is 2.58 bits per heavy atom. The number of carbonyl (C=O) groups excluding carboxylic acids is 2. The number of benzene rings is 2. The van der Waals surface area contributed by atoms with E-state index < -0.39 is 62.9 Å². The number of likely N-dealkylation sites (tertiary alicyclic amines) is 1. The number of fused-ring (bicyclic) bond motifs is 2. The molecule has 0 radical (unpaired) electrons. The monoisotopic (exact) mass is 701 g/mol. The van der Waals surface area contributed by atoms with Crippen LogP contribution in [0.15, 0.2) is 42.5 Å². The highest BCUT2D eigenvalue weighted by atomic mass is 35.5. The second-order valence-electron chi connectivity index (χ2n) is 12.3. The first-order valence-electron chi connectivity index (χ1n) is 15.2. The van der Waals surface area contributed by atoms with Crippen LogP contribution in [0.25, 0.3) is 0 Å². The van der Waals surface area contributed by atoms with Crippen molar-refractivity contribution in [3.63, 3.8) is 0 Å². The molecule has 2 fully saturated rings. The van der Waals surface area contributed by atoms with Gasteiger partial charge in [-0.3, -0.25) is 29.9 Å². The number of hydrogen-bond acceptors (Lipinski definition) is 10. The number of nitrogens with zero attached hydrogens (tertiary/aromatic N) is 4. The molecule has 2 aliphatic heterocycles. The molecule has 5 atom stereocenters. The molecule has 6 rings (SSSR count). The van der Waals surface area contributed by atoms with Crippen molar-refractivity contribution in [1.82, 2.24) is 9.88 Å². The first-order chi connectivity index (χ1) is 22.8. The van der Waals surface area contributed by atoms with Crippen LogP contribution >= 0.6 is 23.2 Å². The van der Waals surface area contributed by atoms with E-state index in [0.29, 0.717) is 5.56 Å². The number of anilines is 1. The minimum Gasteiger partial charge on any atom is -0.465 e. The molecule has 13 nitrogen and oxygen atoms in total. The van der Waals surface area contributed by atoms with Crippen molar-refractivity contribution < 1.29 is 33.7 Å². The number of nitro benzene ring substituents is 1. The van der Waals surface area contributed by atoms with Crippen molar-refractivity contribution in [2.45, 2.75) is 62.3 Å². The van der Waals surface area contributed by atoms with Crippen LogP contribution in [0.4, 0.5) is 15.9 Å². The minimum absolute atomic E-state index is 0.0105. The number of pyridine rings is 1. The van der Waals surface area contributed by atoms with Crippen LogP contribution in [0.1, 0.15) is 70.3 Å². The molecule has 2 unspecified atom stereocenters. The third-order valence-electron chi connectivity index (χ3n) is 9.75. The van der Waals surface area contributed by atoms with E-state index in [0.717, 1.165) is 20.0 Å². The molecule has 48 heavy (non-hydrogen) atoms. The van der Waals surface area contributed by atoms with Crippen LogP contribution in [-0.2, 0) is 15.1 Å². The predicted octanol–water partition coefficient (Wildman–Crippen LogP) is 5.72. The lowest BCUT2D eigenvalue weighted by Crippen LogP contribution is -2.52. The number of hydrogen-bond donors (Lipinski definition) is 2. The van der Waals surface area contributed by atoms with E-state index in [1.165, 1.54) is 43.3 Å². The first-order valence-corrected chi connectivity index (χ1v) is 15.9. The summed E-state index contributed by atoms with van der Waals surface area (Å²) < 4.78 is 20.7. The Kier molecular flexibility index (Phi) is 8.87. The van der Waals surface area contributed by atoms with Crippen LogP contribution in [0.3, 0.4) is 0 Å². The Morgan fingerprint density at radius 2 is 1.94 bits per heavy atom. The Labute approximate surface area is 283 Å². The maximum Gasteiger partial charge on any atom is 0.338 e. The van der Waals surface area contributed by atoms with E-state index in [9.17, 15) is 34.9 Å². The number of halogens is 3. The molecule has 16 heteroatoms. The van der Waals surface area contributed by atoms with E-state index in [2.05, 4.69) is 10.3 Å². The highest BCUT2D eigenvalue weighted by Gasteiger charge is 2.71. The van der Waals surface area contributed by atoms with E-state index in [4.69, 9.17) is 27.9 Å². The molecule has 1 amide bonds. The van der Waals surface area contributed by atoms with Gasteiger partial charge in [-0.05, 0) is 68.9 Å². The highest BCUT2D eigenvalue weighted by Crippen LogP contribution is 2.59. The lowest BCUT2D eigenvalue weighted by atomic mass is 9.73. The quantitative estimate of drug-likeness (QED) is 0.115. The predicted molar refractivity (Wildman–Crippen MR) is 171 cm³/mol. The topological polar surface area (TPSA) is 178 Å². The molecule has 3 heterocycles. The van der Waals surface area contributed by atoms with Crippen molar-refractivity contribution in [3.8, 4) is 0 Å². The van der Waals surface area contributed by atoms with E-state index >= 15 is 4.39 Å². The Bertz CT molecular complexity index is 1860. The van der Waals surface area contributed by atoms with Gasteiger partial charge in [-0.15, -0.1) is 0 Å². The van der Waals surface area contributed by atoms with Gasteiger partial charge in [0.25, 0.3) is 11.6 Å². The number of aromatic nitrogens is 1. The number of ether oxygens (including phenoxy) is 1. The summed E-state index contributed by atoms with van der Waals surface area (Å²) in [6.07, 6.45) is -0.186.